The number of fused-ring (bicyclic) bond motifs is 1. The first kappa shape index (κ1) is 32.0. The zero-order valence-electron chi connectivity index (χ0n) is 24.5. The van der Waals surface area contributed by atoms with Gasteiger partial charge in [0.05, 0.1) is 22.5 Å². The average Bonchev–Trinajstić information content (AvgIpc) is 3.75. The summed E-state index contributed by atoms with van der Waals surface area (Å²) < 4.78 is 47.6. The molecule has 1 saturated carbocycles. The van der Waals surface area contributed by atoms with Gasteiger partial charge >= 0.3 is 6.09 Å². The van der Waals surface area contributed by atoms with Crippen molar-refractivity contribution in [3.63, 3.8) is 0 Å². The van der Waals surface area contributed by atoms with Crippen LogP contribution in [0, 0.1) is 5.82 Å². The minimum Gasteiger partial charge on any atom is -0.444 e. The topological polar surface area (TPSA) is 144 Å². The molecule has 1 atom stereocenters. The van der Waals surface area contributed by atoms with Crippen molar-refractivity contribution in [3.05, 3.63) is 83.1 Å². The number of rotatable bonds is 13. The molecule has 0 saturated heterocycles. The molecule has 1 aliphatic rings. The second-order valence-electron chi connectivity index (χ2n) is 10.8. The van der Waals surface area contributed by atoms with Gasteiger partial charge in [0.1, 0.15) is 17.4 Å². The molecule has 236 valence electrons. The van der Waals surface area contributed by atoms with Gasteiger partial charge in [0, 0.05) is 23.4 Å². The van der Waals surface area contributed by atoms with Gasteiger partial charge < -0.3 is 15.4 Å². The number of ether oxygens (including phenoxy) is 1. The number of nitrogens with zero attached hydrogens (tertiary/aromatic N) is 1. The number of amides is 3. The van der Waals surface area contributed by atoms with Crippen molar-refractivity contribution in [2.24, 2.45) is 0 Å². The molecular formula is C32H33FN4O6S2. The molecule has 1 heterocycles. The van der Waals surface area contributed by atoms with E-state index < -0.39 is 38.8 Å². The summed E-state index contributed by atoms with van der Waals surface area (Å²) in [6.07, 6.45) is 2.08. The number of unbranched alkanes of at least 4 members (excludes halogenated alkanes) is 1. The Morgan fingerprint density at radius 1 is 1.07 bits per heavy atom. The Bertz CT molecular complexity index is 1790. The van der Waals surface area contributed by atoms with Crippen LogP contribution in [0.3, 0.4) is 0 Å². The van der Waals surface area contributed by atoms with E-state index in [0.717, 1.165) is 29.7 Å². The minimum atomic E-state index is -3.98. The molecule has 3 aromatic carbocycles. The molecule has 1 unspecified atom stereocenters. The van der Waals surface area contributed by atoms with Crippen LogP contribution in [0.1, 0.15) is 48.4 Å². The first-order valence-electron chi connectivity index (χ1n) is 14.6. The summed E-state index contributed by atoms with van der Waals surface area (Å²) in [4.78, 5) is 41.9. The van der Waals surface area contributed by atoms with Gasteiger partial charge in [-0.15, -0.1) is 11.3 Å². The number of hydrogen-bond acceptors (Lipinski definition) is 8. The number of halogens is 1. The van der Waals surface area contributed by atoms with Crippen LogP contribution < -0.4 is 16.0 Å². The highest BCUT2D eigenvalue weighted by Crippen LogP contribution is 2.36. The monoisotopic (exact) mass is 652 g/mol. The summed E-state index contributed by atoms with van der Waals surface area (Å²) in [5.74, 6) is -2.06. The van der Waals surface area contributed by atoms with E-state index in [0.29, 0.717) is 28.8 Å². The van der Waals surface area contributed by atoms with Crippen LogP contribution in [0.5, 0.6) is 0 Å². The standard InChI is InChI=1S/C32H33FN4O6S2/c1-2-3-15-45(41,42)29(30(39)34-18-28(38)35-22-13-14-22)31-37-26-17-25(33)24(16-27(26)44-31)21-9-11-23(12-10-21)36-32(40)43-19-20-7-5-4-6-8-20/h4-12,16-17,22,29H,2-3,13-15,18-19H2,1H3,(H,34,39)(H,35,38)(H,36,40). The first-order chi connectivity index (χ1) is 21.6. The number of carbonyl (C=O) groups excluding carboxylic acids is 3. The lowest BCUT2D eigenvalue weighted by atomic mass is 10.0. The van der Waals surface area contributed by atoms with Gasteiger partial charge in [-0.05, 0) is 48.6 Å². The Morgan fingerprint density at radius 3 is 2.49 bits per heavy atom. The van der Waals surface area contributed by atoms with Crippen LogP contribution in [-0.4, -0.2) is 49.6 Å². The zero-order valence-corrected chi connectivity index (χ0v) is 26.2. The molecule has 0 spiro atoms. The summed E-state index contributed by atoms with van der Waals surface area (Å²) >= 11 is 0.990. The van der Waals surface area contributed by atoms with Crippen molar-refractivity contribution >= 4 is 55.0 Å². The lowest BCUT2D eigenvalue weighted by Gasteiger charge is -2.15. The van der Waals surface area contributed by atoms with Crippen molar-refractivity contribution in [2.75, 3.05) is 17.6 Å². The summed E-state index contributed by atoms with van der Waals surface area (Å²) in [7, 11) is -3.98. The maximum atomic E-state index is 15.3. The fourth-order valence-corrected chi connectivity index (χ4v) is 7.82. The number of aromatic nitrogens is 1. The molecule has 5 rings (SSSR count). The second-order valence-corrected chi connectivity index (χ2v) is 14.0. The molecule has 4 aromatic rings. The van der Waals surface area contributed by atoms with E-state index in [-0.39, 0.29) is 41.0 Å². The molecular weight excluding hydrogens is 620 g/mol. The van der Waals surface area contributed by atoms with E-state index in [9.17, 15) is 22.8 Å². The molecule has 13 heteroatoms. The van der Waals surface area contributed by atoms with Gasteiger partial charge in [0.15, 0.2) is 15.1 Å². The molecule has 45 heavy (non-hydrogen) atoms. The molecule has 0 aliphatic heterocycles. The molecule has 10 nitrogen and oxygen atoms in total. The van der Waals surface area contributed by atoms with Gasteiger partial charge in [0.2, 0.25) is 11.8 Å². The molecule has 0 bridgehead atoms. The predicted octanol–water partition coefficient (Wildman–Crippen LogP) is 5.50. The van der Waals surface area contributed by atoms with E-state index >= 15 is 4.39 Å². The molecule has 3 amide bonds. The van der Waals surface area contributed by atoms with Gasteiger partial charge in [0.25, 0.3) is 0 Å². The Morgan fingerprint density at radius 2 is 1.80 bits per heavy atom. The van der Waals surface area contributed by atoms with Crippen LogP contribution in [-0.2, 0) is 30.8 Å². The number of benzene rings is 3. The van der Waals surface area contributed by atoms with Gasteiger partial charge in [-0.1, -0.05) is 55.8 Å². The number of thiazole rings is 1. The van der Waals surface area contributed by atoms with Crippen molar-refractivity contribution in [3.8, 4) is 11.1 Å². The Kier molecular flexibility index (Phi) is 10.1. The van der Waals surface area contributed by atoms with Crippen LogP contribution >= 0.6 is 11.3 Å². The van der Waals surface area contributed by atoms with Crippen LogP contribution in [0.15, 0.2) is 66.7 Å². The predicted molar refractivity (Wildman–Crippen MR) is 171 cm³/mol. The maximum Gasteiger partial charge on any atom is 0.411 e. The summed E-state index contributed by atoms with van der Waals surface area (Å²) in [5, 5.41) is 6.21. The van der Waals surface area contributed by atoms with E-state index in [4.69, 9.17) is 4.74 Å². The van der Waals surface area contributed by atoms with E-state index in [1.807, 2.05) is 37.3 Å². The number of carbonyl (C=O) groups is 3. The number of sulfone groups is 1. The Balaban J connectivity index is 1.33. The lowest BCUT2D eigenvalue weighted by molar-refractivity contribution is -0.126. The fraction of sp³-hybridized carbons (Fsp3) is 0.312. The van der Waals surface area contributed by atoms with Crippen LogP contribution in [0.25, 0.3) is 21.3 Å². The fourth-order valence-electron chi connectivity index (χ4n) is 4.57. The highest BCUT2D eigenvalue weighted by atomic mass is 32.2. The Hall–Kier alpha value is -4.36. The van der Waals surface area contributed by atoms with Crippen LogP contribution in [0.2, 0.25) is 0 Å². The molecule has 1 aliphatic carbocycles. The smallest absolute Gasteiger partial charge is 0.411 e. The SMILES string of the molecule is CCCCS(=O)(=O)C(C(=O)NCC(=O)NC1CC1)c1nc2cc(F)c(-c3ccc(NC(=O)OCc4ccccc4)cc3)cc2s1. The van der Waals surface area contributed by atoms with Gasteiger partial charge in [-0.3, -0.25) is 14.9 Å². The number of nitrogens with one attached hydrogen (secondary N) is 3. The number of hydrogen-bond donors (Lipinski definition) is 3. The third-order valence-electron chi connectivity index (χ3n) is 7.12. The normalized spacial score (nSPS) is 13.6. The van der Waals surface area contributed by atoms with E-state index in [1.54, 1.807) is 30.3 Å². The summed E-state index contributed by atoms with van der Waals surface area (Å²) in [6.45, 7) is 1.61. The highest BCUT2D eigenvalue weighted by Gasteiger charge is 2.37. The molecule has 1 aromatic heterocycles. The zero-order chi connectivity index (χ0) is 32.0. The number of anilines is 1. The van der Waals surface area contributed by atoms with Crippen molar-refractivity contribution < 1.29 is 31.9 Å². The van der Waals surface area contributed by atoms with E-state index in [2.05, 4.69) is 20.9 Å². The quantitative estimate of drug-likeness (QED) is 0.173. The summed E-state index contributed by atoms with van der Waals surface area (Å²) in [5.41, 5.74) is 2.27. The van der Waals surface area contributed by atoms with Crippen molar-refractivity contribution in [1.82, 2.24) is 15.6 Å². The first-order valence-corrected chi connectivity index (χ1v) is 17.1. The molecule has 1 fully saturated rings. The molecule has 3 N–H and O–H groups in total. The maximum absolute atomic E-state index is 15.3. The average molecular weight is 653 g/mol. The second kappa shape index (κ2) is 14.2. The lowest BCUT2D eigenvalue weighted by Crippen LogP contribution is -2.41. The highest BCUT2D eigenvalue weighted by molar-refractivity contribution is 7.92. The van der Waals surface area contributed by atoms with Crippen molar-refractivity contribution in [1.29, 1.82) is 0 Å². The minimum absolute atomic E-state index is 0.00585. The van der Waals surface area contributed by atoms with E-state index in [1.165, 1.54) is 6.07 Å². The third-order valence-corrected chi connectivity index (χ3v) is 10.4. The molecule has 0 radical (unpaired) electrons. The Labute approximate surface area is 264 Å². The van der Waals surface area contributed by atoms with Crippen molar-refractivity contribution in [2.45, 2.75) is 50.5 Å². The van der Waals surface area contributed by atoms with Gasteiger partial charge in [-0.2, -0.15) is 0 Å². The largest absolute Gasteiger partial charge is 0.444 e. The summed E-state index contributed by atoms with van der Waals surface area (Å²) in [6, 6.07) is 18.6. The van der Waals surface area contributed by atoms with Gasteiger partial charge in [-0.25, -0.2) is 22.6 Å². The van der Waals surface area contributed by atoms with Crippen LogP contribution in [0.4, 0.5) is 14.9 Å². The third kappa shape index (κ3) is 8.43.